The fraction of sp³-hybridized carbons (Fsp3) is 1.00. The van der Waals surface area contributed by atoms with Gasteiger partial charge < -0.3 is 28.4 Å². The Bertz CT molecular complexity index is 219. The van der Waals surface area contributed by atoms with Crippen LogP contribution in [0.4, 0.5) is 0 Å². The summed E-state index contributed by atoms with van der Waals surface area (Å²) in [5.74, 6) is -2.75. The number of rotatable bonds is 8. The van der Waals surface area contributed by atoms with Gasteiger partial charge in [-0.2, -0.15) is 0 Å². The predicted octanol–water partition coefficient (Wildman–Crippen LogP) is -2.40. The lowest BCUT2D eigenvalue weighted by Crippen LogP contribution is -2.73. The summed E-state index contributed by atoms with van der Waals surface area (Å²) in [5, 5.41) is 0. The summed E-state index contributed by atoms with van der Waals surface area (Å²) in [6.07, 6.45) is 0. The van der Waals surface area contributed by atoms with E-state index in [1.54, 1.807) is 7.11 Å². The van der Waals surface area contributed by atoms with E-state index in [1.807, 2.05) is 0 Å². The van der Waals surface area contributed by atoms with Crippen molar-refractivity contribution in [3.63, 3.8) is 0 Å². The molecule has 0 radical (unpaired) electrons. The standard InChI is InChI=1S/C9H24O6Si2/c1-10-7(11-2,9(16,17)15-6)8(12-3,13-4)14-5/h1-6,16-17H3. The fourth-order valence-corrected chi connectivity index (χ4v) is 3.41. The van der Waals surface area contributed by atoms with Gasteiger partial charge in [-0.25, -0.2) is 0 Å². The fourth-order valence-electron chi connectivity index (χ4n) is 1.98. The molecule has 0 saturated carbocycles. The lowest BCUT2D eigenvalue weighted by molar-refractivity contribution is -0.489. The molecule has 6 nitrogen and oxygen atoms in total. The molecule has 0 spiro atoms. The summed E-state index contributed by atoms with van der Waals surface area (Å²) in [4.78, 5) is -0.599. The number of methoxy groups -OCH3 is 6. The van der Waals surface area contributed by atoms with E-state index in [-0.39, 0.29) is 0 Å². The average Bonchev–Trinajstić information content (AvgIpc) is 2.36. The number of hydrogen-bond donors (Lipinski definition) is 0. The summed E-state index contributed by atoms with van der Waals surface area (Å²) in [6.45, 7) is 0. The van der Waals surface area contributed by atoms with E-state index in [0.29, 0.717) is 20.5 Å². The second kappa shape index (κ2) is 6.39. The highest BCUT2D eigenvalue weighted by Crippen LogP contribution is 2.39. The van der Waals surface area contributed by atoms with Crippen molar-refractivity contribution < 1.29 is 28.4 Å². The summed E-state index contributed by atoms with van der Waals surface area (Å²) < 4.78 is 32.6. The Kier molecular flexibility index (Phi) is 6.46. The van der Waals surface area contributed by atoms with E-state index in [0.717, 1.165) is 0 Å². The van der Waals surface area contributed by atoms with E-state index in [2.05, 4.69) is 0 Å². The van der Waals surface area contributed by atoms with Gasteiger partial charge in [0.1, 0.15) is 0 Å². The Morgan fingerprint density at radius 2 is 0.941 bits per heavy atom. The summed E-state index contributed by atoms with van der Waals surface area (Å²) in [7, 11) is 10.4. The predicted molar refractivity (Wildman–Crippen MR) is 70.1 cm³/mol. The molecule has 0 aliphatic carbocycles. The number of hydrogen-bond acceptors (Lipinski definition) is 6. The normalized spacial score (nSPS) is 17.3. The molecule has 0 unspecified atom stereocenters. The van der Waals surface area contributed by atoms with Gasteiger partial charge in [-0.05, 0) is 0 Å². The van der Waals surface area contributed by atoms with Crippen molar-refractivity contribution in [2.24, 2.45) is 0 Å². The SMILES string of the molecule is COC([SiH3])([SiH3])C(OC)(OC)C(OC)(OC)OC. The molecule has 17 heavy (non-hydrogen) atoms. The van der Waals surface area contributed by atoms with Crippen LogP contribution in [0.5, 0.6) is 0 Å². The maximum Gasteiger partial charge on any atom is 0.342 e. The molecule has 0 rings (SSSR count). The van der Waals surface area contributed by atoms with Gasteiger partial charge >= 0.3 is 5.97 Å². The zero-order valence-corrected chi connectivity index (χ0v) is 15.9. The quantitative estimate of drug-likeness (QED) is 0.366. The molecule has 8 heteroatoms. The lowest BCUT2D eigenvalue weighted by Gasteiger charge is -2.51. The molecule has 0 aliphatic rings. The van der Waals surface area contributed by atoms with Crippen molar-refractivity contribution in [1.29, 1.82) is 0 Å². The molecule has 0 aromatic heterocycles. The second-order valence-electron chi connectivity index (χ2n) is 3.91. The van der Waals surface area contributed by atoms with Crippen molar-refractivity contribution in [2.75, 3.05) is 42.7 Å². The van der Waals surface area contributed by atoms with Crippen molar-refractivity contribution in [3.8, 4) is 0 Å². The minimum absolute atomic E-state index is 0.599. The van der Waals surface area contributed by atoms with Gasteiger partial charge in [0.2, 0.25) is 0 Å². The first-order chi connectivity index (χ1) is 7.86. The lowest BCUT2D eigenvalue weighted by atomic mass is 10.2. The first-order valence-corrected chi connectivity index (χ1v) is 7.17. The Morgan fingerprint density at radius 3 is 1.12 bits per heavy atom. The highest BCUT2D eigenvalue weighted by molar-refractivity contribution is 6.40. The molecule has 0 amide bonds. The van der Waals surface area contributed by atoms with Gasteiger partial charge in [-0.3, -0.25) is 0 Å². The minimum atomic E-state index is -1.48. The van der Waals surface area contributed by atoms with E-state index >= 15 is 0 Å². The third-order valence-corrected chi connectivity index (χ3v) is 5.22. The Hall–Kier alpha value is 0.194. The van der Waals surface area contributed by atoms with Crippen LogP contribution in [0.1, 0.15) is 0 Å². The molecule has 0 saturated heterocycles. The molecule has 0 atom stereocenters. The van der Waals surface area contributed by atoms with Crippen LogP contribution in [-0.4, -0.2) is 79.8 Å². The molecule has 0 N–H and O–H groups in total. The molecule has 0 aromatic rings. The Balaban J connectivity index is 5.76. The topological polar surface area (TPSA) is 55.4 Å². The largest absolute Gasteiger partial charge is 0.381 e. The van der Waals surface area contributed by atoms with E-state index < -0.39 is 16.6 Å². The molecule has 0 heterocycles. The van der Waals surface area contributed by atoms with Crippen LogP contribution < -0.4 is 0 Å². The monoisotopic (exact) mass is 284 g/mol. The Labute approximate surface area is 109 Å². The highest BCUT2D eigenvalue weighted by Gasteiger charge is 2.65. The van der Waals surface area contributed by atoms with Gasteiger partial charge in [-0.15, -0.1) is 0 Å². The molecule has 104 valence electrons. The zero-order chi connectivity index (χ0) is 13.7. The highest BCUT2D eigenvalue weighted by atomic mass is 28.2. The van der Waals surface area contributed by atoms with Crippen LogP contribution >= 0.6 is 0 Å². The maximum absolute atomic E-state index is 5.53. The van der Waals surface area contributed by atoms with Crippen LogP contribution in [-0.2, 0) is 28.4 Å². The molecule has 0 aliphatic heterocycles. The van der Waals surface area contributed by atoms with Crippen LogP contribution in [0.25, 0.3) is 0 Å². The van der Waals surface area contributed by atoms with Crippen LogP contribution in [0.15, 0.2) is 0 Å². The maximum atomic E-state index is 5.53. The molecule has 0 fully saturated rings. The smallest absolute Gasteiger partial charge is 0.342 e. The average molecular weight is 284 g/mol. The molecular formula is C9H24O6Si2. The van der Waals surface area contributed by atoms with Gasteiger partial charge in [0, 0.05) is 63.1 Å². The van der Waals surface area contributed by atoms with E-state index in [4.69, 9.17) is 28.4 Å². The van der Waals surface area contributed by atoms with Gasteiger partial charge in [-0.1, -0.05) is 0 Å². The van der Waals surface area contributed by atoms with Crippen LogP contribution in [0, 0.1) is 0 Å². The van der Waals surface area contributed by atoms with E-state index in [9.17, 15) is 0 Å². The summed E-state index contributed by atoms with van der Waals surface area (Å²) in [6, 6.07) is 0. The van der Waals surface area contributed by atoms with E-state index in [1.165, 1.54) is 35.5 Å². The third kappa shape index (κ3) is 2.49. The van der Waals surface area contributed by atoms with Crippen molar-refractivity contribution in [2.45, 2.75) is 16.6 Å². The minimum Gasteiger partial charge on any atom is -0.381 e. The summed E-state index contributed by atoms with van der Waals surface area (Å²) >= 11 is 0. The van der Waals surface area contributed by atoms with Gasteiger partial charge in [0.25, 0.3) is 5.79 Å². The molecule has 0 aromatic carbocycles. The second-order valence-corrected chi connectivity index (χ2v) is 9.72. The van der Waals surface area contributed by atoms with Gasteiger partial charge in [0.05, 0.1) is 4.85 Å². The number of ether oxygens (including phenoxy) is 6. The molecular weight excluding hydrogens is 260 g/mol. The first kappa shape index (κ1) is 17.2. The first-order valence-electron chi connectivity index (χ1n) is 5.17. The zero-order valence-electron chi connectivity index (χ0n) is 11.9. The third-order valence-electron chi connectivity index (χ3n) is 3.09. The summed E-state index contributed by atoms with van der Waals surface area (Å²) in [5.41, 5.74) is 0. The van der Waals surface area contributed by atoms with Crippen molar-refractivity contribution >= 4 is 20.5 Å². The molecule has 0 bridgehead atoms. The van der Waals surface area contributed by atoms with Crippen LogP contribution in [0.3, 0.4) is 0 Å². The van der Waals surface area contributed by atoms with Crippen LogP contribution in [0.2, 0.25) is 0 Å². The van der Waals surface area contributed by atoms with Crippen molar-refractivity contribution in [1.82, 2.24) is 0 Å². The van der Waals surface area contributed by atoms with Crippen molar-refractivity contribution in [3.05, 3.63) is 0 Å². The van der Waals surface area contributed by atoms with Gasteiger partial charge in [0.15, 0.2) is 0 Å². The Morgan fingerprint density at radius 1 is 0.588 bits per heavy atom.